The van der Waals surface area contributed by atoms with Crippen molar-refractivity contribution in [1.29, 1.82) is 0 Å². The molecule has 138 valence electrons. The van der Waals surface area contributed by atoms with Crippen molar-refractivity contribution in [3.8, 4) is 0 Å². The molecule has 1 fully saturated rings. The average molecular weight is 354 g/mol. The summed E-state index contributed by atoms with van der Waals surface area (Å²) in [5, 5.41) is 9.84. The zero-order valence-corrected chi connectivity index (χ0v) is 15.0. The largest absolute Gasteiger partial charge is 0.460 e. The number of aliphatic hydroxyl groups is 1. The van der Waals surface area contributed by atoms with Crippen LogP contribution < -0.4 is 0 Å². The Labute approximate surface area is 154 Å². The fourth-order valence-corrected chi connectivity index (χ4v) is 3.38. The van der Waals surface area contributed by atoms with Crippen LogP contribution in [0.5, 0.6) is 0 Å². The molecular weight excluding hydrogens is 328 g/mol. The molecular formula is C22H26O4. The van der Waals surface area contributed by atoms with Crippen LogP contribution in [0.1, 0.15) is 36.8 Å². The summed E-state index contributed by atoms with van der Waals surface area (Å²) in [6.45, 7) is 1.06. The highest BCUT2D eigenvalue weighted by Gasteiger charge is 2.43. The van der Waals surface area contributed by atoms with Crippen LogP contribution in [0.25, 0.3) is 0 Å². The molecule has 0 heterocycles. The van der Waals surface area contributed by atoms with Gasteiger partial charge >= 0.3 is 5.97 Å². The van der Waals surface area contributed by atoms with E-state index >= 15 is 0 Å². The van der Waals surface area contributed by atoms with Crippen LogP contribution in [-0.2, 0) is 27.5 Å². The van der Waals surface area contributed by atoms with Gasteiger partial charge in [0.05, 0.1) is 24.7 Å². The van der Waals surface area contributed by atoms with Crippen LogP contribution in [0, 0.1) is 5.41 Å². The Balaban J connectivity index is 1.60. The van der Waals surface area contributed by atoms with E-state index in [-0.39, 0.29) is 18.7 Å². The van der Waals surface area contributed by atoms with E-state index < -0.39 is 5.41 Å². The number of rotatable bonds is 7. The summed E-state index contributed by atoms with van der Waals surface area (Å²) in [5.74, 6) is -0.221. The van der Waals surface area contributed by atoms with E-state index in [1.54, 1.807) is 0 Å². The molecule has 1 N–H and O–H groups in total. The fraction of sp³-hybridized carbons (Fsp3) is 0.409. The maximum Gasteiger partial charge on any atom is 0.314 e. The van der Waals surface area contributed by atoms with Crippen LogP contribution in [0.15, 0.2) is 60.7 Å². The van der Waals surface area contributed by atoms with Gasteiger partial charge in [0.2, 0.25) is 0 Å². The van der Waals surface area contributed by atoms with E-state index in [0.717, 1.165) is 11.1 Å². The second-order valence-corrected chi connectivity index (χ2v) is 7.05. The van der Waals surface area contributed by atoms with E-state index in [2.05, 4.69) is 0 Å². The highest BCUT2D eigenvalue weighted by molar-refractivity contribution is 5.77. The van der Waals surface area contributed by atoms with E-state index in [4.69, 9.17) is 9.47 Å². The third kappa shape index (κ3) is 4.93. The molecule has 0 aromatic heterocycles. The third-order valence-electron chi connectivity index (χ3n) is 5.05. The lowest BCUT2D eigenvalue weighted by molar-refractivity contribution is -0.166. The molecule has 4 heteroatoms. The third-order valence-corrected chi connectivity index (χ3v) is 5.05. The first kappa shape index (κ1) is 18.6. The quantitative estimate of drug-likeness (QED) is 0.767. The summed E-state index contributed by atoms with van der Waals surface area (Å²) in [7, 11) is 0. The van der Waals surface area contributed by atoms with Crippen LogP contribution in [0.4, 0.5) is 0 Å². The first-order valence-electron chi connectivity index (χ1n) is 9.19. The second-order valence-electron chi connectivity index (χ2n) is 7.05. The summed E-state index contributed by atoms with van der Waals surface area (Å²) >= 11 is 0. The minimum absolute atomic E-state index is 0.221. The maximum absolute atomic E-state index is 12.9. The maximum atomic E-state index is 12.9. The van der Waals surface area contributed by atoms with Gasteiger partial charge in [-0.1, -0.05) is 60.7 Å². The number of carbonyl (C=O) groups excluding carboxylic acids is 1. The van der Waals surface area contributed by atoms with Crippen LogP contribution in [0.2, 0.25) is 0 Å². The highest BCUT2D eigenvalue weighted by atomic mass is 16.5. The Hall–Kier alpha value is -2.17. The second kappa shape index (κ2) is 8.97. The number of benzene rings is 2. The van der Waals surface area contributed by atoms with Crippen LogP contribution >= 0.6 is 0 Å². The van der Waals surface area contributed by atoms with Gasteiger partial charge in [0.25, 0.3) is 0 Å². The molecule has 0 unspecified atom stereocenters. The van der Waals surface area contributed by atoms with Crippen molar-refractivity contribution < 1.29 is 19.4 Å². The van der Waals surface area contributed by atoms with Gasteiger partial charge in [-0.05, 0) is 36.8 Å². The Kier molecular flexibility index (Phi) is 6.42. The summed E-state index contributed by atoms with van der Waals surface area (Å²) in [6.07, 6.45) is 2.07. The fourth-order valence-electron chi connectivity index (χ4n) is 3.38. The minimum Gasteiger partial charge on any atom is -0.460 e. The molecule has 2 aromatic carbocycles. The van der Waals surface area contributed by atoms with Crippen molar-refractivity contribution in [3.05, 3.63) is 71.8 Å². The number of hydrogen-bond acceptors (Lipinski definition) is 4. The molecule has 1 aliphatic carbocycles. The van der Waals surface area contributed by atoms with Gasteiger partial charge in [-0.2, -0.15) is 0 Å². The number of carbonyl (C=O) groups is 1. The van der Waals surface area contributed by atoms with Crippen molar-refractivity contribution in [2.75, 3.05) is 6.61 Å². The lowest BCUT2D eigenvalue weighted by Crippen LogP contribution is -2.41. The predicted octanol–water partition coefficient (Wildman–Crippen LogP) is 3.87. The molecule has 0 saturated heterocycles. The SMILES string of the molecule is O=C(OCc1ccccc1)[C@]1(COCc2ccccc2)CC[C@H](O)CC1. The molecule has 26 heavy (non-hydrogen) atoms. The molecule has 1 aliphatic rings. The predicted molar refractivity (Wildman–Crippen MR) is 99.2 cm³/mol. The van der Waals surface area contributed by atoms with Crippen LogP contribution in [-0.4, -0.2) is 23.8 Å². The molecule has 0 bridgehead atoms. The first-order chi connectivity index (χ1) is 12.7. The van der Waals surface area contributed by atoms with E-state index in [1.165, 1.54) is 0 Å². The van der Waals surface area contributed by atoms with Gasteiger partial charge in [0.1, 0.15) is 6.61 Å². The summed E-state index contributed by atoms with van der Waals surface area (Å²) in [6, 6.07) is 19.6. The Bertz CT molecular complexity index is 676. The standard InChI is InChI=1S/C22H26O4/c23-20-11-13-22(14-12-20,17-25-15-18-7-3-1-4-8-18)21(24)26-16-19-9-5-2-6-10-19/h1-10,20,23H,11-17H2/t20-,22+. The number of hydrogen-bond donors (Lipinski definition) is 1. The lowest BCUT2D eigenvalue weighted by atomic mass is 9.73. The molecule has 0 atom stereocenters. The highest BCUT2D eigenvalue weighted by Crippen LogP contribution is 2.38. The van der Waals surface area contributed by atoms with Gasteiger partial charge in [-0.3, -0.25) is 4.79 Å². The van der Waals surface area contributed by atoms with Gasteiger partial charge in [0, 0.05) is 0 Å². The zero-order valence-electron chi connectivity index (χ0n) is 15.0. The van der Waals surface area contributed by atoms with Gasteiger partial charge < -0.3 is 14.6 Å². The molecule has 2 aromatic rings. The molecule has 0 aliphatic heterocycles. The monoisotopic (exact) mass is 354 g/mol. The normalized spacial score (nSPS) is 22.7. The van der Waals surface area contributed by atoms with E-state index in [1.807, 2.05) is 60.7 Å². The number of ether oxygens (including phenoxy) is 2. The molecule has 0 spiro atoms. The average Bonchev–Trinajstić information content (AvgIpc) is 2.69. The summed E-state index contributed by atoms with van der Waals surface area (Å²) in [5.41, 5.74) is 1.39. The van der Waals surface area contributed by atoms with Crippen molar-refractivity contribution >= 4 is 5.97 Å². The number of esters is 1. The minimum atomic E-state index is -0.664. The van der Waals surface area contributed by atoms with Gasteiger partial charge in [-0.15, -0.1) is 0 Å². The van der Waals surface area contributed by atoms with Crippen LogP contribution in [0.3, 0.4) is 0 Å². The summed E-state index contributed by atoms with van der Waals surface area (Å²) in [4.78, 5) is 12.9. The van der Waals surface area contributed by atoms with Crippen molar-refractivity contribution in [1.82, 2.24) is 0 Å². The molecule has 4 nitrogen and oxygen atoms in total. The molecule has 0 radical (unpaired) electrons. The molecule has 1 saturated carbocycles. The van der Waals surface area contributed by atoms with Gasteiger partial charge in [-0.25, -0.2) is 0 Å². The Morgan fingerprint density at radius 3 is 2.04 bits per heavy atom. The molecule has 3 rings (SSSR count). The smallest absolute Gasteiger partial charge is 0.314 e. The number of aliphatic hydroxyl groups excluding tert-OH is 1. The Morgan fingerprint density at radius 2 is 1.46 bits per heavy atom. The van der Waals surface area contributed by atoms with E-state index in [9.17, 15) is 9.90 Å². The Morgan fingerprint density at radius 1 is 0.923 bits per heavy atom. The van der Waals surface area contributed by atoms with Gasteiger partial charge in [0.15, 0.2) is 0 Å². The van der Waals surface area contributed by atoms with Crippen molar-refractivity contribution in [3.63, 3.8) is 0 Å². The van der Waals surface area contributed by atoms with Crippen molar-refractivity contribution in [2.45, 2.75) is 45.0 Å². The lowest BCUT2D eigenvalue weighted by Gasteiger charge is -2.36. The topological polar surface area (TPSA) is 55.8 Å². The molecule has 0 amide bonds. The zero-order chi connectivity index (χ0) is 18.2. The summed E-state index contributed by atoms with van der Waals surface area (Å²) < 4.78 is 11.5. The van der Waals surface area contributed by atoms with Crippen molar-refractivity contribution in [2.24, 2.45) is 5.41 Å². The first-order valence-corrected chi connectivity index (χ1v) is 9.19. The van der Waals surface area contributed by atoms with E-state index in [0.29, 0.717) is 38.9 Å².